The number of aryl methyl sites for hydroxylation is 1. The molecule has 0 spiro atoms. The molecular formula is C17H23NO4. The van der Waals surface area contributed by atoms with Gasteiger partial charge in [0.2, 0.25) is 0 Å². The van der Waals surface area contributed by atoms with E-state index in [9.17, 15) is 4.79 Å². The van der Waals surface area contributed by atoms with Crippen LogP contribution in [0.5, 0.6) is 11.5 Å². The van der Waals surface area contributed by atoms with Crippen molar-refractivity contribution in [2.24, 2.45) is 5.92 Å². The molecule has 0 bridgehead atoms. The highest BCUT2D eigenvalue weighted by atomic mass is 16.5. The lowest BCUT2D eigenvalue weighted by molar-refractivity contribution is 0.0291. The van der Waals surface area contributed by atoms with Crippen molar-refractivity contribution < 1.29 is 19.0 Å². The second kappa shape index (κ2) is 6.67. The van der Waals surface area contributed by atoms with Crippen LogP contribution < -0.4 is 9.47 Å². The second-order valence-corrected chi connectivity index (χ2v) is 5.88. The molecule has 1 aliphatic carbocycles. The SMILES string of the molecule is COc1cc2c(cc1OC)C(=O)C(CN1CCOCC1)CC2. The molecule has 0 aromatic heterocycles. The molecule has 1 heterocycles. The molecule has 0 amide bonds. The van der Waals surface area contributed by atoms with Gasteiger partial charge in [-0.1, -0.05) is 0 Å². The monoisotopic (exact) mass is 305 g/mol. The Morgan fingerprint density at radius 3 is 2.55 bits per heavy atom. The number of fused-ring (bicyclic) bond motifs is 1. The number of hydrogen-bond acceptors (Lipinski definition) is 5. The van der Waals surface area contributed by atoms with E-state index >= 15 is 0 Å². The van der Waals surface area contributed by atoms with Crippen LogP contribution in [0.1, 0.15) is 22.3 Å². The van der Waals surface area contributed by atoms with Gasteiger partial charge in [-0.3, -0.25) is 9.69 Å². The number of nitrogens with zero attached hydrogens (tertiary/aromatic N) is 1. The number of carbonyl (C=O) groups is 1. The van der Waals surface area contributed by atoms with E-state index in [2.05, 4.69) is 4.90 Å². The van der Waals surface area contributed by atoms with Crippen LogP contribution in [0, 0.1) is 5.92 Å². The van der Waals surface area contributed by atoms with E-state index in [1.54, 1.807) is 14.2 Å². The molecule has 120 valence electrons. The van der Waals surface area contributed by atoms with Crippen molar-refractivity contribution in [2.45, 2.75) is 12.8 Å². The highest BCUT2D eigenvalue weighted by Gasteiger charge is 2.30. The van der Waals surface area contributed by atoms with Crippen molar-refractivity contribution in [3.05, 3.63) is 23.3 Å². The lowest BCUT2D eigenvalue weighted by Gasteiger charge is -2.32. The van der Waals surface area contributed by atoms with Crippen LogP contribution in [-0.2, 0) is 11.2 Å². The first-order valence-electron chi connectivity index (χ1n) is 7.82. The van der Waals surface area contributed by atoms with Crippen LogP contribution in [0.15, 0.2) is 12.1 Å². The van der Waals surface area contributed by atoms with E-state index in [0.29, 0.717) is 11.5 Å². The molecule has 1 aromatic carbocycles. The summed E-state index contributed by atoms with van der Waals surface area (Å²) >= 11 is 0. The predicted octanol–water partition coefficient (Wildman–Crippen LogP) is 1.78. The Morgan fingerprint density at radius 1 is 1.18 bits per heavy atom. The van der Waals surface area contributed by atoms with Crippen molar-refractivity contribution in [2.75, 3.05) is 47.1 Å². The molecule has 1 aromatic rings. The average molecular weight is 305 g/mol. The molecule has 0 N–H and O–H groups in total. The van der Waals surface area contributed by atoms with Crippen molar-refractivity contribution >= 4 is 5.78 Å². The van der Waals surface area contributed by atoms with E-state index in [1.165, 1.54) is 0 Å². The van der Waals surface area contributed by atoms with Gasteiger partial charge in [-0.2, -0.15) is 0 Å². The standard InChI is InChI=1S/C17H23NO4/c1-20-15-9-12-3-4-13(11-18-5-7-22-8-6-18)17(19)14(12)10-16(15)21-2/h9-10,13H,3-8,11H2,1-2H3. The summed E-state index contributed by atoms with van der Waals surface area (Å²) < 4.78 is 16.0. The van der Waals surface area contributed by atoms with Gasteiger partial charge < -0.3 is 14.2 Å². The zero-order chi connectivity index (χ0) is 15.5. The molecule has 1 saturated heterocycles. The number of ketones is 1. The number of morpholine rings is 1. The van der Waals surface area contributed by atoms with Gasteiger partial charge in [0.25, 0.3) is 0 Å². The van der Waals surface area contributed by atoms with Gasteiger partial charge in [-0.25, -0.2) is 0 Å². The first-order chi connectivity index (χ1) is 10.7. The number of methoxy groups -OCH3 is 2. The molecule has 0 radical (unpaired) electrons. The largest absolute Gasteiger partial charge is 0.493 e. The molecule has 1 atom stereocenters. The summed E-state index contributed by atoms with van der Waals surface area (Å²) in [6, 6.07) is 3.78. The summed E-state index contributed by atoms with van der Waals surface area (Å²) in [5.74, 6) is 1.62. The number of rotatable bonds is 4. The third kappa shape index (κ3) is 2.96. The van der Waals surface area contributed by atoms with Gasteiger partial charge in [-0.15, -0.1) is 0 Å². The molecule has 5 nitrogen and oxygen atoms in total. The Hall–Kier alpha value is -1.59. The van der Waals surface area contributed by atoms with Crippen molar-refractivity contribution in [3.63, 3.8) is 0 Å². The smallest absolute Gasteiger partial charge is 0.167 e. The van der Waals surface area contributed by atoms with E-state index < -0.39 is 0 Å². The molecule has 5 heteroatoms. The van der Waals surface area contributed by atoms with Gasteiger partial charge in [-0.05, 0) is 30.5 Å². The lowest BCUT2D eigenvalue weighted by atomic mass is 9.82. The lowest BCUT2D eigenvalue weighted by Crippen LogP contribution is -2.42. The molecule has 1 aliphatic heterocycles. The number of Topliss-reactive ketones (excluding diaryl/α,β-unsaturated/α-hetero) is 1. The topological polar surface area (TPSA) is 48.0 Å². The highest BCUT2D eigenvalue weighted by molar-refractivity contribution is 6.01. The van der Waals surface area contributed by atoms with Crippen LogP contribution in [0.4, 0.5) is 0 Å². The fourth-order valence-electron chi connectivity index (χ4n) is 3.31. The molecule has 1 fully saturated rings. The zero-order valence-corrected chi connectivity index (χ0v) is 13.3. The highest BCUT2D eigenvalue weighted by Crippen LogP contribution is 2.35. The Kier molecular flexibility index (Phi) is 4.64. The number of benzene rings is 1. The van der Waals surface area contributed by atoms with Crippen LogP contribution in [0.25, 0.3) is 0 Å². The minimum absolute atomic E-state index is 0.0729. The van der Waals surface area contributed by atoms with E-state index in [0.717, 1.165) is 56.8 Å². The normalized spacial score (nSPS) is 22.3. The third-order valence-electron chi connectivity index (χ3n) is 4.59. The van der Waals surface area contributed by atoms with Crippen molar-refractivity contribution in [1.29, 1.82) is 0 Å². The van der Waals surface area contributed by atoms with E-state index in [4.69, 9.17) is 14.2 Å². The van der Waals surface area contributed by atoms with Gasteiger partial charge in [0.15, 0.2) is 17.3 Å². The zero-order valence-electron chi connectivity index (χ0n) is 13.3. The van der Waals surface area contributed by atoms with Crippen LogP contribution in [-0.4, -0.2) is 57.8 Å². The predicted molar refractivity (Wildman–Crippen MR) is 82.9 cm³/mol. The van der Waals surface area contributed by atoms with Gasteiger partial charge in [0.1, 0.15) is 0 Å². The first kappa shape index (κ1) is 15.3. The summed E-state index contributed by atoms with van der Waals surface area (Å²) in [6.45, 7) is 4.20. The minimum atomic E-state index is 0.0729. The van der Waals surface area contributed by atoms with Gasteiger partial charge in [0, 0.05) is 31.1 Å². The Balaban J connectivity index is 1.79. The molecule has 1 unspecified atom stereocenters. The summed E-state index contributed by atoms with van der Waals surface area (Å²) in [6.07, 6.45) is 1.81. The summed E-state index contributed by atoms with van der Waals surface area (Å²) in [7, 11) is 3.22. The maximum absolute atomic E-state index is 12.8. The van der Waals surface area contributed by atoms with E-state index in [-0.39, 0.29) is 11.7 Å². The van der Waals surface area contributed by atoms with Crippen LogP contribution in [0.3, 0.4) is 0 Å². The van der Waals surface area contributed by atoms with Crippen LogP contribution >= 0.6 is 0 Å². The number of ether oxygens (including phenoxy) is 3. The molecule has 0 saturated carbocycles. The van der Waals surface area contributed by atoms with E-state index in [1.807, 2.05) is 12.1 Å². The summed E-state index contributed by atoms with van der Waals surface area (Å²) in [4.78, 5) is 15.1. The second-order valence-electron chi connectivity index (χ2n) is 5.88. The molecule has 3 rings (SSSR count). The van der Waals surface area contributed by atoms with Gasteiger partial charge >= 0.3 is 0 Å². The minimum Gasteiger partial charge on any atom is -0.493 e. The maximum Gasteiger partial charge on any atom is 0.167 e. The van der Waals surface area contributed by atoms with Crippen molar-refractivity contribution in [3.8, 4) is 11.5 Å². The van der Waals surface area contributed by atoms with Gasteiger partial charge in [0.05, 0.1) is 27.4 Å². The summed E-state index contributed by atoms with van der Waals surface area (Å²) in [5, 5.41) is 0. The maximum atomic E-state index is 12.8. The Morgan fingerprint density at radius 2 is 1.86 bits per heavy atom. The average Bonchev–Trinajstić information content (AvgIpc) is 2.57. The van der Waals surface area contributed by atoms with Crippen LogP contribution in [0.2, 0.25) is 0 Å². The molecule has 2 aliphatic rings. The fraction of sp³-hybridized carbons (Fsp3) is 0.588. The Bertz CT molecular complexity index is 552. The Labute approximate surface area is 131 Å². The number of hydrogen-bond donors (Lipinski definition) is 0. The van der Waals surface area contributed by atoms with Crippen molar-refractivity contribution in [1.82, 2.24) is 4.90 Å². The third-order valence-corrected chi connectivity index (χ3v) is 4.59. The molecular weight excluding hydrogens is 282 g/mol. The molecule has 22 heavy (non-hydrogen) atoms. The quantitative estimate of drug-likeness (QED) is 0.848. The summed E-state index contributed by atoms with van der Waals surface area (Å²) in [5.41, 5.74) is 1.86. The number of carbonyl (C=O) groups excluding carboxylic acids is 1. The fourth-order valence-corrected chi connectivity index (χ4v) is 3.31. The first-order valence-corrected chi connectivity index (χ1v) is 7.82.